The van der Waals surface area contributed by atoms with Crippen molar-refractivity contribution in [1.29, 1.82) is 0 Å². The molecule has 1 saturated carbocycles. The minimum atomic E-state index is -4.53. The van der Waals surface area contributed by atoms with Crippen molar-refractivity contribution >= 4 is 34.9 Å². The number of H-pyrrole nitrogens is 1. The summed E-state index contributed by atoms with van der Waals surface area (Å²) < 4.78 is 38.8. The van der Waals surface area contributed by atoms with Gasteiger partial charge in [-0.2, -0.15) is 23.3 Å². The smallest absolute Gasteiger partial charge is 0.324 e. The van der Waals surface area contributed by atoms with Crippen LogP contribution in [0.25, 0.3) is 0 Å². The van der Waals surface area contributed by atoms with E-state index in [2.05, 4.69) is 36.1 Å². The van der Waals surface area contributed by atoms with Crippen molar-refractivity contribution in [2.24, 2.45) is 0 Å². The largest absolute Gasteiger partial charge is 0.416 e. The molecule has 1 fully saturated rings. The Bertz CT molecular complexity index is 1360. The lowest BCUT2D eigenvalue weighted by Crippen LogP contribution is -2.14. The van der Waals surface area contributed by atoms with Crippen LogP contribution in [0.2, 0.25) is 0 Å². The molecule has 0 atom stereocenters. The second-order valence-corrected chi connectivity index (χ2v) is 8.11. The fourth-order valence-electron chi connectivity index (χ4n) is 3.47. The third kappa shape index (κ3) is 5.57. The number of aromatic amines is 1. The topological polar surface area (TPSA) is 108 Å². The summed E-state index contributed by atoms with van der Waals surface area (Å²) in [6.45, 7) is 0. The first kappa shape index (κ1) is 22.4. The van der Waals surface area contributed by atoms with E-state index in [1.807, 2.05) is 6.07 Å². The van der Waals surface area contributed by atoms with E-state index in [1.54, 1.807) is 36.5 Å². The van der Waals surface area contributed by atoms with Gasteiger partial charge in [-0.25, -0.2) is 4.98 Å². The second-order valence-electron chi connectivity index (χ2n) is 8.11. The van der Waals surface area contributed by atoms with Gasteiger partial charge >= 0.3 is 6.18 Å². The van der Waals surface area contributed by atoms with E-state index in [1.165, 1.54) is 25.0 Å². The van der Waals surface area contributed by atoms with Gasteiger partial charge in [0.1, 0.15) is 5.82 Å². The van der Waals surface area contributed by atoms with Crippen LogP contribution in [0.4, 0.5) is 42.1 Å². The molecular formula is C24H20F3N7O. The summed E-state index contributed by atoms with van der Waals surface area (Å²) in [5.41, 5.74) is 1.10. The monoisotopic (exact) mass is 479 g/mol. The van der Waals surface area contributed by atoms with Gasteiger partial charge in [0.25, 0.3) is 5.91 Å². The molecule has 0 radical (unpaired) electrons. The van der Waals surface area contributed by atoms with Crippen LogP contribution in [-0.2, 0) is 6.18 Å². The molecule has 4 aromatic rings. The maximum atomic E-state index is 12.9. The van der Waals surface area contributed by atoms with Crippen molar-refractivity contribution in [3.8, 4) is 0 Å². The number of carbonyl (C=O) groups is 1. The zero-order valence-corrected chi connectivity index (χ0v) is 18.2. The highest BCUT2D eigenvalue weighted by Crippen LogP contribution is 2.39. The Morgan fingerprint density at radius 2 is 1.74 bits per heavy atom. The molecular weight excluding hydrogens is 459 g/mol. The first-order valence-corrected chi connectivity index (χ1v) is 10.8. The Hall–Kier alpha value is -4.41. The van der Waals surface area contributed by atoms with Gasteiger partial charge in [-0.15, -0.1) is 0 Å². The number of halogens is 3. The molecule has 11 heteroatoms. The first-order chi connectivity index (χ1) is 16.8. The van der Waals surface area contributed by atoms with E-state index in [-0.39, 0.29) is 5.56 Å². The lowest BCUT2D eigenvalue weighted by Gasteiger charge is -2.11. The third-order valence-corrected chi connectivity index (χ3v) is 5.36. The standard InChI is InChI=1S/C24H20F3N7O/c25-24(26,27)16-4-1-3-15(11-16)22(35)29-17-5-2-6-18(12-17)30-23-28-10-9-20(32-23)31-21-13-19(33-34-21)14-7-8-14/h1-6,9-14H,7-8H2,(H,29,35)(H3,28,30,31,32,33,34). The molecule has 1 aliphatic carbocycles. The average Bonchev–Trinajstić information content (AvgIpc) is 3.58. The summed E-state index contributed by atoms with van der Waals surface area (Å²) in [4.78, 5) is 21.1. The Balaban J connectivity index is 1.25. The molecule has 0 aliphatic heterocycles. The van der Waals surface area contributed by atoms with Gasteiger partial charge in [-0.3, -0.25) is 9.89 Å². The van der Waals surface area contributed by atoms with Crippen LogP contribution in [-0.4, -0.2) is 26.1 Å². The van der Waals surface area contributed by atoms with Crippen molar-refractivity contribution in [3.63, 3.8) is 0 Å². The van der Waals surface area contributed by atoms with Gasteiger partial charge in [0.2, 0.25) is 5.95 Å². The molecule has 4 N–H and O–H groups in total. The molecule has 0 spiro atoms. The van der Waals surface area contributed by atoms with E-state index in [0.717, 1.165) is 17.8 Å². The van der Waals surface area contributed by atoms with Crippen LogP contribution in [0.1, 0.15) is 40.4 Å². The number of hydrogen-bond donors (Lipinski definition) is 4. The Morgan fingerprint density at radius 3 is 2.54 bits per heavy atom. The Labute approximate surface area is 198 Å². The van der Waals surface area contributed by atoms with Gasteiger partial charge in [-0.05, 0) is 55.3 Å². The summed E-state index contributed by atoms with van der Waals surface area (Å²) in [6, 6.07) is 14.6. The predicted molar refractivity (Wildman–Crippen MR) is 125 cm³/mol. The predicted octanol–water partition coefficient (Wildman–Crippen LogP) is 5.84. The summed E-state index contributed by atoms with van der Waals surface area (Å²) in [7, 11) is 0. The van der Waals surface area contributed by atoms with Crippen molar-refractivity contribution in [2.45, 2.75) is 24.9 Å². The van der Waals surface area contributed by atoms with E-state index < -0.39 is 17.6 Å². The number of aromatic nitrogens is 4. The van der Waals surface area contributed by atoms with Crippen molar-refractivity contribution in [1.82, 2.24) is 20.2 Å². The highest BCUT2D eigenvalue weighted by atomic mass is 19.4. The fourth-order valence-corrected chi connectivity index (χ4v) is 3.47. The van der Waals surface area contributed by atoms with Crippen molar-refractivity contribution in [2.75, 3.05) is 16.0 Å². The van der Waals surface area contributed by atoms with Gasteiger partial charge in [-0.1, -0.05) is 12.1 Å². The number of amides is 1. The normalized spacial score (nSPS) is 13.3. The minimum Gasteiger partial charge on any atom is -0.324 e. The number of alkyl halides is 3. The maximum absolute atomic E-state index is 12.9. The molecule has 0 bridgehead atoms. The molecule has 5 rings (SSSR count). The number of hydrogen-bond acceptors (Lipinski definition) is 6. The lowest BCUT2D eigenvalue weighted by atomic mass is 10.1. The molecule has 1 aliphatic rings. The zero-order chi connectivity index (χ0) is 24.4. The van der Waals surface area contributed by atoms with Crippen LogP contribution >= 0.6 is 0 Å². The van der Waals surface area contributed by atoms with E-state index in [9.17, 15) is 18.0 Å². The Kier molecular flexibility index (Phi) is 5.81. The van der Waals surface area contributed by atoms with Gasteiger partial charge in [0.05, 0.1) is 5.56 Å². The average molecular weight is 479 g/mol. The number of nitrogens with one attached hydrogen (secondary N) is 4. The highest BCUT2D eigenvalue weighted by molar-refractivity contribution is 6.04. The molecule has 0 unspecified atom stereocenters. The molecule has 8 nitrogen and oxygen atoms in total. The lowest BCUT2D eigenvalue weighted by molar-refractivity contribution is -0.137. The molecule has 2 aromatic heterocycles. The van der Waals surface area contributed by atoms with Crippen LogP contribution in [0.15, 0.2) is 66.9 Å². The molecule has 178 valence electrons. The summed E-state index contributed by atoms with van der Waals surface area (Å²) >= 11 is 0. The maximum Gasteiger partial charge on any atom is 0.416 e. The van der Waals surface area contributed by atoms with E-state index in [0.29, 0.717) is 34.9 Å². The van der Waals surface area contributed by atoms with E-state index >= 15 is 0 Å². The highest BCUT2D eigenvalue weighted by Gasteiger charge is 2.31. The molecule has 2 heterocycles. The van der Waals surface area contributed by atoms with E-state index in [4.69, 9.17) is 0 Å². The SMILES string of the molecule is O=C(Nc1cccc(Nc2nccc(Nc3cc(C4CC4)[nH]n3)n2)c1)c1cccc(C(F)(F)F)c1. The van der Waals surface area contributed by atoms with Gasteiger partial charge in [0.15, 0.2) is 5.82 Å². The second kappa shape index (κ2) is 9.09. The molecule has 2 aromatic carbocycles. The first-order valence-electron chi connectivity index (χ1n) is 10.8. The van der Waals surface area contributed by atoms with Crippen LogP contribution < -0.4 is 16.0 Å². The van der Waals surface area contributed by atoms with Crippen molar-refractivity contribution < 1.29 is 18.0 Å². The summed E-state index contributed by atoms with van der Waals surface area (Å²) in [5.74, 6) is 1.43. The summed E-state index contributed by atoms with van der Waals surface area (Å²) in [5, 5.41) is 16.1. The van der Waals surface area contributed by atoms with Crippen LogP contribution in [0, 0.1) is 0 Å². The fraction of sp³-hybridized carbons (Fsp3) is 0.167. The van der Waals surface area contributed by atoms with Crippen LogP contribution in [0.3, 0.4) is 0 Å². The van der Waals surface area contributed by atoms with Gasteiger partial charge in [0, 0.05) is 40.8 Å². The zero-order valence-electron chi connectivity index (χ0n) is 18.2. The molecule has 1 amide bonds. The third-order valence-electron chi connectivity index (χ3n) is 5.36. The van der Waals surface area contributed by atoms with Crippen LogP contribution in [0.5, 0.6) is 0 Å². The number of anilines is 5. The number of benzene rings is 2. The minimum absolute atomic E-state index is 0.0940. The van der Waals surface area contributed by atoms with Crippen molar-refractivity contribution in [3.05, 3.63) is 83.7 Å². The number of nitrogens with zero attached hydrogens (tertiary/aromatic N) is 3. The summed E-state index contributed by atoms with van der Waals surface area (Å²) in [6.07, 6.45) is -0.600. The van der Waals surface area contributed by atoms with Gasteiger partial charge < -0.3 is 16.0 Å². The quantitative estimate of drug-likeness (QED) is 0.265. The molecule has 35 heavy (non-hydrogen) atoms. The number of rotatable bonds is 7. The Morgan fingerprint density at radius 1 is 0.943 bits per heavy atom. The molecule has 0 saturated heterocycles. The number of carbonyl (C=O) groups excluding carboxylic acids is 1.